The number of hydrogen-bond donors (Lipinski definition) is 1. The molecule has 0 spiro atoms. The lowest BCUT2D eigenvalue weighted by molar-refractivity contribution is -0.113. The van der Waals surface area contributed by atoms with Gasteiger partial charge in [0.25, 0.3) is 0 Å². The van der Waals surface area contributed by atoms with E-state index in [0.29, 0.717) is 40.6 Å². The van der Waals surface area contributed by atoms with Gasteiger partial charge >= 0.3 is 0 Å². The smallest absolute Gasteiger partial charge is 0.235 e. The van der Waals surface area contributed by atoms with E-state index in [4.69, 9.17) is 4.74 Å². The van der Waals surface area contributed by atoms with Crippen LogP contribution in [0.15, 0.2) is 29.4 Å². The zero-order valence-electron chi connectivity index (χ0n) is 21.6. The molecule has 7 nitrogen and oxygen atoms in total. The van der Waals surface area contributed by atoms with E-state index >= 15 is 0 Å². The molecule has 0 bridgehead atoms. The van der Waals surface area contributed by atoms with E-state index in [1.54, 1.807) is 11.3 Å². The molecule has 0 radical (unpaired) electrons. The van der Waals surface area contributed by atoms with Crippen LogP contribution in [0.4, 0.5) is 5.00 Å². The number of anilines is 1. The van der Waals surface area contributed by atoms with E-state index in [1.165, 1.54) is 22.2 Å². The van der Waals surface area contributed by atoms with Gasteiger partial charge < -0.3 is 14.6 Å². The fraction of sp³-hybridized carbons (Fsp3) is 0.481. The quantitative estimate of drug-likeness (QED) is 0.364. The number of aromatic nitrogens is 3. The molecule has 3 aromatic rings. The number of carbonyl (C=O) groups is 1. The number of hydrogen-bond acceptors (Lipinski definition) is 7. The van der Waals surface area contributed by atoms with E-state index in [0.717, 1.165) is 30.6 Å². The first-order chi connectivity index (χ1) is 17.2. The third-order valence-electron chi connectivity index (χ3n) is 6.69. The molecule has 1 atom stereocenters. The second kappa shape index (κ2) is 11.1. The van der Waals surface area contributed by atoms with Crippen molar-refractivity contribution in [1.82, 2.24) is 14.8 Å². The Hall–Kier alpha value is -2.83. The summed E-state index contributed by atoms with van der Waals surface area (Å²) in [7, 11) is 0. The Morgan fingerprint density at radius 3 is 2.72 bits per heavy atom. The number of fused-ring (bicyclic) bond motifs is 1. The molecule has 4 rings (SSSR count). The van der Waals surface area contributed by atoms with Crippen LogP contribution in [0, 0.1) is 29.6 Å². The summed E-state index contributed by atoms with van der Waals surface area (Å²) < 4.78 is 7.82. The second-order valence-corrected chi connectivity index (χ2v) is 12.3. The molecule has 0 saturated heterocycles. The lowest BCUT2D eigenvalue weighted by Gasteiger charge is -2.33. The monoisotopic (exact) mass is 523 g/mol. The number of aryl methyl sites for hydroxylation is 1. The first-order valence-corrected chi connectivity index (χ1v) is 14.1. The summed E-state index contributed by atoms with van der Waals surface area (Å²) >= 11 is 2.90. The summed E-state index contributed by atoms with van der Waals surface area (Å²) in [6, 6.07) is 10.2. The van der Waals surface area contributed by atoms with Crippen molar-refractivity contribution in [3.05, 3.63) is 51.7 Å². The average molecular weight is 524 g/mol. The summed E-state index contributed by atoms with van der Waals surface area (Å²) in [6.07, 6.45) is 2.94. The van der Waals surface area contributed by atoms with E-state index in [-0.39, 0.29) is 17.1 Å². The van der Waals surface area contributed by atoms with Crippen LogP contribution < -0.4 is 10.1 Å². The Labute approximate surface area is 221 Å². The first-order valence-electron chi connectivity index (χ1n) is 12.3. The molecule has 1 aromatic carbocycles. The highest BCUT2D eigenvalue weighted by Gasteiger charge is 2.32. The maximum Gasteiger partial charge on any atom is 0.235 e. The van der Waals surface area contributed by atoms with Crippen molar-refractivity contribution in [2.45, 2.75) is 72.2 Å². The minimum atomic E-state index is -0.148. The number of thiophene rings is 1. The van der Waals surface area contributed by atoms with E-state index in [1.807, 2.05) is 42.7 Å². The van der Waals surface area contributed by atoms with Crippen LogP contribution >= 0.6 is 23.1 Å². The van der Waals surface area contributed by atoms with Crippen molar-refractivity contribution in [3.8, 4) is 11.8 Å². The van der Waals surface area contributed by atoms with Gasteiger partial charge in [-0.15, -0.1) is 21.5 Å². The predicted octanol–water partition coefficient (Wildman–Crippen LogP) is 6.00. The number of ether oxygens (including phenoxy) is 1. The normalized spacial score (nSPS) is 15.3. The Kier molecular flexibility index (Phi) is 8.06. The minimum absolute atomic E-state index is 0.148. The molecule has 0 aliphatic heterocycles. The van der Waals surface area contributed by atoms with Crippen molar-refractivity contribution in [2.75, 3.05) is 11.1 Å². The van der Waals surface area contributed by atoms with Crippen LogP contribution in [-0.4, -0.2) is 26.4 Å². The summed E-state index contributed by atoms with van der Waals surface area (Å²) in [5.74, 6) is 2.12. The van der Waals surface area contributed by atoms with Gasteiger partial charge in [0.05, 0.1) is 11.3 Å². The predicted molar refractivity (Wildman–Crippen MR) is 145 cm³/mol. The van der Waals surface area contributed by atoms with Gasteiger partial charge in [-0.3, -0.25) is 4.79 Å². The van der Waals surface area contributed by atoms with Crippen LogP contribution in [0.2, 0.25) is 0 Å². The zero-order valence-corrected chi connectivity index (χ0v) is 23.2. The van der Waals surface area contributed by atoms with Crippen LogP contribution in [0.25, 0.3) is 0 Å². The van der Waals surface area contributed by atoms with Crippen molar-refractivity contribution in [1.29, 1.82) is 5.26 Å². The first kappa shape index (κ1) is 26.2. The summed E-state index contributed by atoms with van der Waals surface area (Å²) in [4.78, 5) is 14.1. The molecule has 190 valence electrons. The highest BCUT2D eigenvalue weighted by molar-refractivity contribution is 7.99. The van der Waals surface area contributed by atoms with Crippen LogP contribution in [-0.2, 0) is 30.8 Å². The summed E-state index contributed by atoms with van der Waals surface area (Å²) in [6.45, 7) is 11.9. The number of rotatable bonds is 8. The number of nitriles is 1. The molecule has 1 aliphatic carbocycles. The van der Waals surface area contributed by atoms with E-state index in [9.17, 15) is 10.1 Å². The van der Waals surface area contributed by atoms with Gasteiger partial charge in [-0.05, 0) is 62.1 Å². The van der Waals surface area contributed by atoms with Gasteiger partial charge in [-0.1, -0.05) is 50.2 Å². The molecule has 1 amide bonds. The van der Waals surface area contributed by atoms with Gasteiger partial charge in [0.15, 0.2) is 11.0 Å². The second-order valence-electron chi connectivity index (χ2n) is 10.2. The van der Waals surface area contributed by atoms with Crippen molar-refractivity contribution in [3.63, 3.8) is 0 Å². The Bertz CT molecular complexity index is 1270. The molecule has 1 aliphatic rings. The Morgan fingerprint density at radius 1 is 1.31 bits per heavy atom. The lowest BCUT2D eigenvalue weighted by atomic mass is 9.72. The molecule has 36 heavy (non-hydrogen) atoms. The summed E-state index contributed by atoms with van der Waals surface area (Å²) in [5.41, 5.74) is 3.16. The number of amides is 1. The van der Waals surface area contributed by atoms with Gasteiger partial charge in [-0.25, -0.2) is 0 Å². The Morgan fingerprint density at radius 2 is 2.06 bits per heavy atom. The van der Waals surface area contributed by atoms with Gasteiger partial charge in [0.1, 0.15) is 23.4 Å². The molecule has 0 fully saturated rings. The molecule has 1 unspecified atom stereocenters. The van der Waals surface area contributed by atoms with Crippen LogP contribution in [0.3, 0.4) is 0 Å². The van der Waals surface area contributed by atoms with Crippen molar-refractivity contribution >= 4 is 34.0 Å². The highest BCUT2D eigenvalue weighted by Crippen LogP contribution is 2.44. The topological polar surface area (TPSA) is 92.8 Å². The van der Waals surface area contributed by atoms with Crippen LogP contribution in [0.5, 0.6) is 5.75 Å². The molecule has 9 heteroatoms. The van der Waals surface area contributed by atoms with Gasteiger partial charge in [0, 0.05) is 11.4 Å². The van der Waals surface area contributed by atoms with Gasteiger partial charge in [-0.2, -0.15) is 5.26 Å². The number of nitrogens with zero attached hydrogens (tertiary/aromatic N) is 4. The number of nitrogens with one attached hydrogen (secondary N) is 1. The largest absolute Gasteiger partial charge is 0.486 e. The molecule has 2 aromatic heterocycles. The standard InChI is InChI=1S/C27H33N5O2S2/c1-6-32-23(15-34-19-10-7-17(2)8-11-19)30-31-26(32)35-16-24(33)29-25-21(14-28)20-12-9-18(27(3,4)5)13-22(20)36-25/h7-8,10-11,18H,6,9,12-13,15-16H2,1-5H3,(H,29,33). The summed E-state index contributed by atoms with van der Waals surface area (Å²) in [5, 5.41) is 22.7. The minimum Gasteiger partial charge on any atom is -0.486 e. The average Bonchev–Trinajstić information content (AvgIpc) is 3.40. The molecule has 0 saturated carbocycles. The van der Waals surface area contributed by atoms with E-state index < -0.39 is 0 Å². The molecular formula is C27H33N5O2S2. The highest BCUT2D eigenvalue weighted by atomic mass is 32.2. The van der Waals surface area contributed by atoms with Crippen molar-refractivity contribution in [2.24, 2.45) is 11.3 Å². The fourth-order valence-corrected chi connectivity index (χ4v) is 6.57. The number of benzene rings is 1. The maximum atomic E-state index is 12.8. The van der Waals surface area contributed by atoms with Crippen molar-refractivity contribution < 1.29 is 9.53 Å². The lowest BCUT2D eigenvalue weighted by Crippen LogP contribution is -2.26. The third kappa shape index (κ3) is 5.93. The fourth-order valence-electron chi connectivity index (χ4n) is 4.46. The SMILES string of the molecule is CCn1c(COc2ccc(C)cc2)nnc1SCC(=O)Nc1sc2c(c1C#N)CCC(C(C)(C)C)C2. The molecule has 1 N–H and O–H groups in total. The number of carbonyl (C=O) groups excluding carboxylic acids is 1. The third-order valence-corrected chi connectivity index (χ3v) is 8.82. The molecule has 2 heterocycles. The molecular weight excluding hydrogens is 490 g/mol. The van der Waals surface area contributed by atoms with Gasteiger partial charge in [0.2, 0.25) is 5.91 Å². The maximum absolute atomic E-state index is 12.8. The zero-order chi connectivity index (χ0) is 25.9. The van der Waals surface area contributed by atoms with Crippen LogP contribution in [0.1, 0.15) is 61.5 Å². The number of thioether (sulfide) groups is 1. The Balaban J connectivity index is 1.37. The van der Waals surface area contributed by atoms with E-state index in [2.05, 4.69) is 42.4 Å².